The van der Waals surface area contributed by atoms with Gasteiger partial charge >= 0.3 is 0 Å². The van der Waals surface area contributed by atoms with Gasteiger partial charge in [0.05, 0.1) is 12.4 Å². The van der Waals surface area contributed by atoms with Gasteiger partial charge in [-0.15, -0.1) is 0 Å². The van der Waals surface area contributed by atoms with E-state index in [2.05, 4.69) is 4.65 Å². The molecule has 0 bridgehead atoms. The standard InChI is InChI=1S/C9H9BO4/c11-10(12)14-8-3-4-9-7(6-8)2-1-5-13-9/h3-4,6H,1-2,5H2/q-2. The van der Waals surface area contributed by atoms with Crippen molar-refractivity contribution in [2.45, 2.75) is 12.8 Å². The number of fused-ring (bicyclic) bond motifs is 1. The highest BCUT2D eigenvalue weighted by Crippen LogP contribution is 2.28. The monoisotopic (exact) mass is 192 g/mol. The first kappa shape index (κ1) is 9.36. The Morgan fingerprint density at radius 2 is 2.21 bits per heavy atom. The van der Waals surface area contributed by atoms with E-state index in [-0.39, 0.29) is 0 Å². The Morgan fingerprint density at radius 3 is 3.00 bits per heavy atom. The fourth-order valence-electron chi connectivity index (χ4n) is 1.52. The Morgan fingerprint density at radius 1 is 1.36 bits per heavy atom. The average Bonchev–Trinajstić information content (AvgIpc) is 2.17. The average molecular weight is 192 g/mol. The van der Waals surface area contributed by atoms with E-state index >= 15 is 0 Å². The van der Waals surface area contributed by atoms with Crippen LogP contribution in [0.3, 0.4) is 0 Å². The minimum absolute atomic E-state index is 0.323. The Hall–Kier alpha value is -1.20. The Bertz CT molecular complexity index is 327. The summed E-state index contributed by atoms with van der Waals surface area (Å²) in [6.07, 6.45) is 1.85. The smallest absolute Gasteiger partial charge is 0.133 e. The first-order valence-corrected chi connectivity index (χ1v) is 4.50. The number of rotatable bonds is 2. The normalized spacial score (nSPS) is 14.1. The zero-order valence-electron chi connectivity index (χ0n) is 7.56. The molecule has 1 aromatic carbocycles. The van der Waals surface area contributed by atoms with E-state index < -0.39 is 7.32 Å². The third kappa shape index (κ3) is 2.00. The van der Waals surface area contributed by atoms with E-state index in [4.69, 9.17) is 4.74 Å². The second-order valence-corrected chi connectivity index (χ2v) is 3.13. The van der Waals surface area contributed by atoms with Crippen LogP contribution in [0.5, 0.6) is 11.5 Å². The van der Waals surface area contributed by atoms with Gasteiger partial charge in [-0.3, -0.25) is 0 Å². The number of aryl methyl sites for hydroxylation is 1. The fraction of sp³-hybridized carbons (Fsp3) is 0.333. The highest BCUT2D eigenvalue weighted by molar-refractivity contribution is 6.29. The van der Waals surface area contributed by atoms with E-state index in [1.165, 1.54) is 0 Å². The van der Waals surface area contributed by atoms with Crippen LogP contribution in [0.4, 0.5) is 0 Å². The number of ether oxygens (including phenoxy) is 1. The van der Waals surface area contributed by atoms with Gasteiger partial charge in [0.2, 0.25) is 0 Å². The first-order chi connectivity index (χ1) is 6.75. The van der Waals surface area contributed by atoms with Crippen LogP contribution in [0.25, 0.3) is 0 Å². The SMILES string of the molecule is [O-]B([O-])Oc1ccc2c(c1)CCCO2. The van der Waals surface area contributed by atoms with Crippen molar-refractivity contribution in [2.75, 3.05) is 6.61 Å². The molecule has 1 aliphatic rings. The lowest BCUT2D eigenvalue weighted by Gasteiger charge is -2.27. The summed E-state index contributed by atoms with van der Waals surface area (Å²) in [6.45, 7) is 0.721. The molecule has 1 aliphatic heterocycles. The van der Waals surface area contributed by atoms with Gasteiger partial charge in [-0.1, -0.05) is 0 Å². The molecule has 0 saturated carbocycles. The summed E-state index contributed by atoms with van der Waals surface area (Å²) < 4.78 is 9.89. The van der Waals surface area contributed by atoms with Gasteiger partial charge in [0.25, 0.3) is 0 Å². The van der Waals surface area contributed by atoms with Crippen LogP contribution in [0.1, 0.15) is 12.0 Å². The topological polar surface area (TPSA) is 64.6 Å². The molecule has 14 heavy (non-hydrogen) atoms. The summed E-state index contributed by atoms with van der Waals surface area (Å²) in [5, 5.41) is 20.5. The van der Waals surface area contributed by atoms with Gasteiger partial charge in [-0.05, 0) is 36.6 Å². The van der Waals surface area contributed by atoms with Crippen molar-refractivity contribution in [2.24, 2.45) is 0 Å². The fourth-order valence-corrected chi connectivity index (χ4v) is 1.52. The summed E-state index contributed by atoms with van der Waals surface area (Å²) in [6, 6.07) is 5.00. The van der Waals surface area contributed by atoms with Gasteiger partial charge in [-0.25, -0.2) is 0 Å². The quantitative estimate of drug-likeness (QED) is 0.569. The molecule has 0 amide bonds. The van der Waals surface area contributed by atoms with Crippen LogP contribution in [0, 0.1) is 0 Å². The Balaban J connectivity index is 2.20. The van der Waals surface area contributed by atoms with E-state index in [1.807, 2.05) is 0 Å². The second-order valence-electron chi connectivity index (χ2n) is 3.13. The molecule has 2 rings (SSSR count). The Labute approximate surface area is 82.3 Å². The molecule has 0 atom stereocenters. The minimum atomic E-state index is -2.27. The van der Waals surface area contributed by atoms with Crippen LogP contribution in [0.2, 0.25) is 0 Å². The molecule has 0 radical (unpaired) electrons. The molecule has 5 heteroatoms. The van der Waals surface area contributed by atoms with Crippen molar-refractivity contribution in [3.63, 3.8) is 0 Å². The van der Waals surface area contributed by atoms with Gasteiger partial charge in [-0.2, -0.15) is 0 Å². The van der Waals surface area contributed by atoms with E-state index in [9.17, 15) is 10.0 Å². The number of hydrogen-bond donors (Lipinski definition) is 0. The molecule has 1 aromatic rings. The van der Waals surface area contributed by atoms with Crippen molar-refractivity contribution >= 4 is 7.32 Å². The Kier molecular flexibility index (Phi) is 2.61. The molecular weight excluding hydrogens is 183 g/mol. The summed E-state index contributed by atoms with van der Waals surface area (Å²) in [5.74, 6) is 1.14. The zero-order valence-corrected chi connectivity index (χ0v) is 7.56. The molecule has 0 saturated heterocycles. The van der Waals surface area contributed by atoms with E-state index in [0.717, 1.165) is 30.8 Å². The van der Waals surface area contributed by atoms with Crippen molar-refractivity contribution in [1.82, 2.24) is 0 Å². The molecular formula is C9H9BO4-2. The third-order valence-corrected chi connectivity index (χ3v) is 2.11. The van der Waals surface area contributed by atoms with Crippen molar-refractivity contribution < 1.29 is 19.4 Å². The number of benzene rings is 1. The maximum absolute atomic E-state index is 10.3. The summed E-state index contributed by atoms with van der Waals surface area (Å²) >= 11 is 0. The van der Waals surface area contributed by atoms with Crippen molar-refractivity contribution in [3.05, 3.63) is 23.8 Å². The summed E-state index contributed by atoms with van der Waals surface area (Å²) in [7, 11) is -2.27. The first-order valence-electron chi connectivity index (χ1n) is 4.50. The van der Waals surface area contributed by atoms with Crippen molar-refractivity contribution in [1.29, 1.82) is 0 Å². The lowest BCUT2D eigenvalue weighted by molar-refractivity contribution is -0.372. The summed E-state index contributed by atoms with van der Waals surface area (Å²) in [5.41, 5.74) is 0.995. The largest absolute Gasteiger partial charge is 0.860 e. The predicted molar refractivity (Wildman–Crippen MR) is 46.6 cm³/mol. The lowest BCUT2D eigenvalue weighted by Crippen LogP contribution is -2.50. The second kappa shape index (κ2) is 3.90. The molecule has 0 unspecified atom stereocenters. The molecule has 0 spiro atoms. The van der Waals surface area contributed by atoms with Crippen LogP contribution < -0.4 is 19.4 Å². The van der Waals surface area contributed by atoms with Gasteiger partial charge in [0.1, 0.15) is 13.1 Å². The van der Waals surface area contributed by atoms with E-state index in [0.29, 0.717) is 5.75 Å². The van der Waals surface area contributed by atoms with Crippen molar-refractivity contribution in [3.8, 4) is 11.5 Å². The van der Waals surface area contributed by atoms with Crippen LogP contribution in [-0.2, 0) is 6.42 Å². The van der Waals surface area contributed by atoms with Gasteiger partial charge in [0.15, 0.2) is 0 Å². The lowest BCUT2D eigenvalue weighted by atomic mass is 10.1. The van der Waals surface area contributed by atoms with Crippen LogP contribution >= 0.6 is 0 Å². The summed E-state index contributed by atoms with van der Waals surface area (Å²) in [4.78, 5) is 0. The molecule has 1 heterocycles. The maximum atomic E-state index is 10.3. The predicted octanol–water partition coefficient (Wildman–Crippen LogP) is -0.904. The number of hydrogen-bond acceptors (Lipinski definition) is 4. The highest BCUT2D eigenvalue weighted by atomic mass is 16.6. The van der Waals surface area contributed by atoms with Gasteiger partial charge < -0.3 is 19.4 Å². The van der Waals surface area contributed by atoms with E-state index in [1.54, 1.807) is 18.2 Å². The van der Waals surface area contributed by atoms with Crippen LogP contribution in [-0.4, -0.2) is 13.9 Å². The molecule has 0 aliphatic carbocycles. The molecule has 0 aromatic heterocycles. The molecule has 74 valence electrons. The highest BCUT2D eigenvalue weighted by Gasteiger charge is 2.10. The molecule has 0 N–H and O–H groups in total. The maximum Gasteiger partial charge on any atom is 0.133 e. The third-order valence-electron chi connectivity index (χ3n) is 2.11. The molecule has 0 fully saturated rings. The van der Waals surface area contributed by atoms with Gasteiger partial charge in [0, 0.05) is 0 Å². The minimum Gasteiger partial charge on any atom is -0.860 e. The van der Waals surface area contributed by atoms with Crippen LogP contribution in [0.15, 0.2) is 18.2 Å². The zero-order chi connectivity index (χ0) is 9.97. The molecule has 4 nitrogen and oxygen atoms in total.